The van der Waals surface area contributed by atoms with E-state index in [0.29, 0.717) is 6.54 Å². The van der Waals surface area contributed by atoms with Gasteiger partial charge in [-0.05, 0) is 40.0 Å². The smallest absolute Gasteiger partial charge is 0.243 e. The van der Waals surface area contributed by atoms with Crippen LogP contribution in [0.5, 0.6) is 0 Å². The molecule has 0 aliphatic carbocycles. The summed E-state index contributed by atoms with van der Waals surface area (Å²) in [5.41, 5.74) is 1.41. The van der Waals surface area contributed by atoms with Crippen molar-refractivity contribution in [2.75, 3.05) is 6.54 Å². The Morgan fingerprint density at radius 3 is 2.90 bits per heavy atom. The molecule has 0 saturated heterocycles. The van der Waals surface area contributed by atoms with Crippen molar-refractivity contribution in [3.05, 3.63) is 29.9 Å². The number of imidazole rings is 1. The molecule has 3 N–H and O–H groups in total. The largest absolute Gasteiger partial charge is 0.390 e. The van der Waals surface area contributed by atoms with E-state index in [1.54, 1.807) is 32.4 Å². The summed E-state index contributed by atoms with van der Waals surface area (Å²) in [5.74, 6) is -0.0646. The fourth-order valence-electron chi connectivity index (χ4n) is 1.89. The Hall–Kier alpha value is -1.62. The fourth-order valence-corrected chi connectivity index (χ4v) is 1.89. The highest BCUT2D eigenvalue weighted by atomic mass is 16.3. The highest BCUT2D eigenvalue weighted by molar-refractivity contribution is 5.88. The molecule has 0 aliphatic rings. The molecule has 1 rings (SSSR count). The Labute approximate surface area is 120 Å². The van der Waals surface area contributed by atoms with E-state index in [1.165, 1.54) is 0 Å². The van der Waals surface area contributed by atoms with Gasteiger partial charge in [0.2, 0.25) is 5.91 Å². The normalized spacial score (nSPS) is 12.5. The minimum Gasteiger partial charge on any atom is -0.390 e. The third-order valence-electron chi connectivity index (χ3n) is 2.99. The van der Waals surface area contributed by atoms with Crippen LogP contribution in [0.3, 0.4) is 0 Å². The number of allylic oxidation sites excluding steroid dienone is 1. The predicted octanol–water partition coefficient (Wildman–Crippen LogP) is 1.96. The van der Waals surface area contributed by atoms with Gasteiger partial charge in [0.25, 0.3) is 0 Å². The van der Waals surface area contributed by atoms with Gasteiger partial charge in [-0.1, -0.05) is 5.57 Å². The molecular formula is C15H25N3O2. The van der Waals surface area contributed by atoms with Gasteiger partial charge in [-0.25, -0.2) is 4.98 Å². The molecule has 0 bridgehead atoms. The van der Waals surface area contributed by atoms with Gasteiger partial charge in [-0.2, -0.15) is 0 Å². The Morgan fingerprint density at radius 2 is 2.30 bits per heavy atom. The number of aliphatic hydroxyl groups is 1. The maximum Gasteiger partial charge on any atom is 0.243 e. The van der Waals surface area contributed by atoms with Crippen molar-refractivity contribution in [3.8, 4) is 0 Å². The van der Waals surface area contributed by atoms with Crippen LogP contribution in [0.2, 0.25) is 0 Å². The van der Waals surface area contributed by atoms with Crippen LogP contribution in [-0.4, -0.2) is 33.1 Å². The lowest BCUT2D eigenvalue weighted by atomic mass is 9.99. The zero-order chi connectivity index (χ0) is 15.0. The van der Waals surface area contributed by atoms with Crippen molar-refractivity contribution in [2.24, 2.45) is 0 Å². The predicted molar refractivity (Wildman–Crippen MR) is 79.2 cm³/mol. The van der Waals surface area contributed by atoms with Crippen molar-refractivity contribution < 1.29 is 9.90 Å². The molecule has 0 aromatic carbocycles. The third kappa shape index (κ3) is 7.74. The van der Waals surface area contributed by atoms with E-state index in [0.717, 1.165) is 37.0 Å². The Bertz CT molecular complexity index is 430. The summed E-state index contributed by atoms with van der Waals surface area (Å²) in [6.07, 6.45) is 8.22. The van der Waals surface area contributed by atoms with Gasteiger partial charge in [0.15, 0.2) is 0 Å². The molecule has 0 atom stereocenters. The van der Waals surface area contributed by atoms with Crippen molar-refractivity contribution >= 4 is 5.91 Å². The second kappa shape index (κ2) is 7.85. The average Bonchev–Trinajstić information content (AvgIpc) is 2.80. The number of carbonyl (C=O) groups excluding carboxylic acids is 1. The van der Waals surface area contributed by atoms with E-state index in [9.17, 15) is 9.90 Å². The summed E-state index contributed by atoms with van der Waals surface area (Å²) >= 11 is 0. The standard InChI is InChI=1S/C15H25N3O2/c1-12(5-4-7-15(2,3)20)9-14(19)17-8-6-13-10-16-11-18-13/h9-11,20H,4-8H2,1-3H3,(H,16,18)(H,17,19)/b12-9+. The van der Waals surface area contributed by atoms with Crippen LogP contribution >= 0.6 is 0 Å². The SMILES string of the molecule is C/C(=C\C(=O)NCCc1cnc[nH]1)CCCC(C)(C)O. The molecule has 0 radical (unpaired) electrons. The molecule has 5 nitrogen and oxygen atoms in total. The second-order valence-electron chi connectivity index (χ2n) is 5.77. The first-order valence-electron chi connectivity index (χ1n) is 7.01. The summed E-state index contributed by atoms with van der Waals surface area (Å²) in [5, 5.41) is 12.5. The van der Waals surface area contributed by atoms with Crippen molar-refractivity contribution in [1.29, 1.82) is 0 Å². The second-order valence-corrected chi connectivity index (χ2v) is 5.77. The molecule has 0 unspecified atom stereocenters. The van der Waals surface area contributed by atoms with Gasteiger partial charge in [0, 0.05) is 30.9 Å². The van der Waals surface area contributed by atoms with E-state index in [4.69, 9.17) is 0 Å². The van der Waals surface area contributed by atoms with Gasteiger partial charge < -0.3 is 15.4 Å². The number of aromatic amines is 1. The average molecular weight is 279 g/mol. The first kappa shape index (κ1) is 16.4. The monoisotopic (exact) mass is 279 g/mol. The Kier molecular flexibility index (Phi) is 6.45. The van der Waals surface area contributed by atoms with Crippen LogP contribution < -0.4 is 5.32 Å². The van der Waals surface area contributed by atoms with Crippen LogP contribution in [-0.2, 0) is 11.2 Å². The molecule has 1 aromatic rings. The molecular weight excluding hydrogens is 254 g/mol. The van der Waals surface area contributed by atoms with Crippen LogP contribution in [0.25, 0.3) is 0 Å². The highest BCUT2D eigenvalue weighted by Crippen LogP contribution is 2.15. The van der Waals surface area contributed by atoms with E-state index >= 15 is 0 Å². The molecule has 20 heavy (non-hydrogen) atoms. The summed E-state index contributed by atoms with van der Waals surface area (Å²) in [4.78, 5) is 18.6. The van der Waals surface area contributed by atoms with Crippen LogP contribution in [0.15, 0.2) is 24.2 Å². The first-order chi connectivity index (χ1) is 9.37. The van der Waals surface area contributed by atoms with E-state index in [1.807, 2.05) is 6.92 Å². The quantitative estimate of drug-likeness (QED) is 0.636. The molecule has 0 saturated carbocycles. The summed E-state index contributed by atoms with van der Waals surface area (Å²) < 4.78 is 0. The van der Waals surface area contributed by atoms with Crippen molar-refractivity contribution in [2.45, 2.75) is 52.1 Å². The van der Waals surface area contributed by atoms with E-state index in [2.05, 4.69) is 15.3 Å². The van der Waals surface area contributed by atoms with E-state index < -0.39 is 5.60 Å². The molecule has 1 amide bonds. The molecule has 0 spiro atoms. The van der Waals surface area contributed by atoms with Gasteiger partial charge in [-0.15, -0.1) is 0 Å². The Balaban J connectivity index is 2.20. The molecule has 1 heterocycles. The molecule has 1 aromatic heterocycles. The number of hydrogen-bond acceptors (Lipinski definition) is 3. The molecule has 0 fully saturated rings. The van der Waals surface area contributed by atoms with Crippen LogP contribution in [0.1, 0.15) is 45.7 Å². The van der Waals surface area contributed by atoms with Gasteiger partial charge in [-0.3, -0.25) is 4.79 Å². The number of rotatable bonds is 8. The molecule has 5 heteroatoms. The number of nitrogens with one attached hydrogen (secondary N) is 2. The van der Waals surface area contributed by atoms with E-state index in [-0.39, 0.29) is 5.91 Å². The van der Waals surface area contributed by atoms with Crippen molar-refractivity contribution in [3.63, 3.8) is 0 Å². The number of nitrogens with zero attached hydrogens (tertiary/aromatic N) is 1. The summed E-state index contributed by atoms with van der Waals surface area (Å²) in [6, 6.07) is 0. The zero-order valence-corrected chi connectivity index (χ0v) is 12.6. The first-order valence-corrected chi connectivity index (χ1v) is 7.01. The maximum absolute atomic E-state index is 11.7. The number of aromatic nitrogens is 2. The third-order valence-corrected chi connectivity index (χ3v) is 2.99. The van der Waals surface area contributed by atoms with Gasteiger partial charge in [0.1, 0.15) is 0 Å². The lowest BCUT2D eigenvalue weighted by Gasteiger charge is -2.16. The lowest BCUT2D eigenvalue weighted by Crippen LogP contribution is -2.24. The van der Waals surface area contributed by atoms with Crippen LogP contribution in [0, 0.1) is 0 Å². The number of amides is 1. The van der Waals surface area contributed by atoms with Crippen molar-refractivity contribution in [1.82, 2.24) is 15.3 Å². The van der Waals surface area contributed by atoms with Crippen LogP contribution in [0.4, 0.5) is 0 Å². The lowest BCUT2D eigenvalue weighted by molar-refractivity contribution is -0.116. The minimum absolute atomic E-state index is 0.0646. The highest BCUT2D eigenvalue weighted by Gasteiger charge is 2.11. The molecule has 112 valence electrons. The zero-order valence-electron chi connectivity index (χ0n) is 12.6. The number of H-pyrrole nitrogens is 1. The Morgan fingerprint density at radius 1 is 1.55 bits per heavy atom. The topological polar surface area (TPSA) is 78.0 Å². The number of hydrogen-bond donors (Lipinski definition) is 3. The fraction of sp³-hybridized carbons (Fsp3) is 0.600. The van der Waals surface area contributed by atoms with Gasteiger partial charge in [0.05, 0.1) is 11.9 Å². The minimum atomic E-state index is -0.632. The number of carbonyl (C=O) groups is 1. The maximum atomic E-state index is 11.7. The summed E-state index contributed by atoms with van der Waals surface area (Å²) in [7, 11) is 0. The summed E-state index contributed by atoms with van der Waals surface area (Å²) in [6.45, 7) is 6.13. The van der Waals surface area contributed by atoms with Gasteiger partial charge >= 0.3 is 0 Å². The molecule has 0 aliphatic heterocycles.